The van der Waals surface area contributed by atoms with Gasteiger partial charge in [-0.3, -0.25) is 9.20 Å². The van der Waals surface area contributed by atoms with Crippen molar-refractivity contribution in [1.82, 2.24) is 24.5 Å². The number of aromatic nitrogens is 4. The van der Waals surface area contributed by atoms with E-state index in [-0.39, 0.29) is 5.91 Å². The first-order valence-corrected chi connectivity index (χ1v) is 12.1. The van der Waals surface area contributed by atoms with E-state index >= 15 is 0 Å². The van der Waals surface area contributed by atoms with Gasteiger partial charge < -0.3 is 5.32 Å². The molecule has 1 aromatic carbocycles. The van der Waals surface area contributed by atoms with Gasteiger partial charge in [0.2, 0.25) is 0 Å². The minimum absolute atomic E-state index is 0.000539. The van der Waals surface area contributed by atoms with Gasteiger partial charge in [-0.05, 0) is 68.0 Å². The quantitative estimate of drug-likeness (QED) is 0.454. The van der Waals surface area contributed by atoms with Gasteiger partial charge in [0.05, 0.1) is 12.4 Å². The Morgan fingerprint density at radius 3 is 2.75 bits per heavy atom. The number of hydrogen-bond acceptors (Lipinski definition) is 4. The van der Waals surface area contributed by atoms with Gasteiger partial charge in [-0.15, -0.1) is 11.8 Å². The molecule has 7 heteroatoms. The summed E-state index contributed by atoms with van der Waals surface area (Å²) in [6.07, 6.45) is 14.0. The molecule has 6 nitrogen and oxygen atoms in total. The molecule has 0 aliphatic heterocycles. The highest BCUT2D eigenvalue weighted by Gasteiger charge is 2.24. The average Bonchev–Trinajstić information content (AvgIpc) is 3.28. The number of aryl methyl sites for hydroxylation is 1. The second kappa shape index (κ2) is 7.81. The molecule has 3 heterocycles. The molecular formula is C25H25N5OS. The molecule has 3 aromatic heterocycles. The molecule has 6 rings (SSSR count). The summed E-state index contributed by atoms with van der Waals surface area (Å²) in [6.45, 7) is 2.06. The van der Waals surface area contributed by atoms with Crippen molar-refractivity contribution in [2.45, 2.75) is 55.2 Å². The van der Waals surface area contributed by atoms with Gasteiger partial charge in [-0.2, -0.15) is 5.10 Å². The highest BCUT2D eigenvalue weighted by atomic mass is 32.2. The van der Waals surface area contributed by atoms with Crippen LogP contribution in [0.5, 0.6) is 0 Å². The van der Waals surface area contributed by atoms with Crippen molar-refractivity contribution < 1.29 is 4.79 Å². The SMILES string of the molecule is Cc1ccc(C(=O)NC2CC2)cc1-c1cnn(-c2cnc3ccc(SC4CCC4)cn23)c1. The van der Waals surface area contributed by atoms with E-state index in [1.54, 1.807) is 0 Å². The van der Waals surface area contributed by atoms with E-state index in [1.807, 2.05) is 53.2 Å². The largest absolute Gasteiger partial charge is 0.349 e. The van der Waals surface area contributed by atoms with Crippen LogP contribution < -0.4 is 5.32 Å². The van der Waals surface area contributed by atoms with Crippen LogP contribution in [0.3, 0.4) is 0 Å². The van der Waals surface area contributed by atoms with Crippen LogP contribution in [0.4, 0.5) is 0 Å². The summed E-state index contributed by atoms with van der Waals surface area (Å²) in [5, 5.41) is 8.43. The Balaban J connectivity index is 1.31. The lowest BCUT2D eigenvalue weighted by Crippen LogP contribution is -2.25. The molecule has 0 atom stereocenters. The highest BCUT2D eigenvalue weighted by molar-refractivity contribution is 8.00. The summed E-state index contributed by atoms with van der Waals surface area (Å²) in [7, 11) is 0. The fourth-order valence-electron chi connectivity index (χ4n) is 4.03. The summed E-state index contributed by atoms with van der Waals surface area (Å²) in [5.74, 6) is 0.905. The zero-order valence-corrected chi connectivity index (χ0v) is 18.8. The molecule has 2 fully saturated rings. The monoisotopic (exact) mass is 443 g/mol. The second-order valence-corrected chi connectivity index (χ2v) is 10.2. The predicted octanol–water partition coefficient (Wildman–Crippen LogP) is 5.03. The minimum Gasteiger partial charge on any atom is -0.349 e. The molecule has 32 heavy (non-hydrogen) atoms. The first-order valence-electron chi connectivity index (χ1n) is 11.2. The number of nitrogens with one attached hydrogen (secondary N) is 1. The fraction of sp³-hybridized carbons (Fsp3) is 0.320. The molecule has 2 aliphatic rings. The number of hydrogen-bond donors (Lipinski definition) is 1. The molecule has 0 saturated heterocycles. The molecule has 1 amide bonds. The molecule has 0 radical (unpaired) electrons. The van der Waals surface area contributed by atoms with Gasteiger partial charge in [0.25, 0.3) is 5.91 Å². The normalized spacial score (nSPS) is 16.3. The maximum atomic E-state index is 12.5. The van der Waals surface area contributed by atoms with Crippen molar-refractivity contribution in [3.63, 3.8) is 0 Å². The number of benzene rings is 1. The summed E-state index contributed by atoms with van der Waals surface area (Å²) < 4.78 is 3.97. The van der Waals surface area contributed by atoms with Crippen LogP contribution in [0.1, 0.15) is 48.0 Å². The van der Waals surface area contributed by atoms with Gasteiger partial charge in [0.1, 0.15) is 5.65 Å². The third kappa shape index (κ3) is 3.71. The predicted molar refractivity (Wildman–Crippen MR) is 126 cm³/mol. The van der Waals surface area contributed by atoms with E-state index in [1.165, 1.54) is 24.2 Å². The Bertz CT molecular complexity index is 1320. The lowest BCUT2D eigenvalue weighted by atomic mass is 10.0. The third-order valence-corrected chi connectivity index (χ3v) is 7.67. The summed E-state index contributed by atoms with van der Waals surface area (Å²) in [5.41, 5.74) is 4.72. The van der Waals surface area contributed by atoms with Gasteiger partial charge in [0.15, 0.2) is 5.82 Å². The van der Waals surface area contributed by atoms with Crippen LogP contribution in [0.25, 0.3) is 22.6 Å². The molecule has 162 valence electrons. The number of imidazole rings is 1. The molecule has 2 aliphatic carbocycles. The van der Waals surface area contributed by atoms with E-state index in [4.69, 9.17) is 0 Å². The Labute approximate surface area is 191 Å². The van der Waals surface area contributed by atoms with Crippen LogP contribution in [-0.4, -0.2) is 36.4 Å². The van der Waals surface area contributed by atoms with E-state index in [0.717, 1.165) is 46.2 Å². The van der Waals surface area contributed by atoms with E-state index in [2.05, 4.69) is 45.1 Å². The van der Waals surface area contributed by atoms with E-state index in [9.17, 15) is 4.79 Å². The number of amides is 1. The summed E-state index contributed by atoms with van der Waals surface area (Å²) in [4.78, 5) is 18.3. The molecule has 0 unspecified atom stereocenters. The number of rotatable bonds is 6. The standard InChI is InChI=1S/C25H25N5OS/c1-16-5-6-17(25(31)28-19-7-8-19)11-22(16)18-12-27-30(14-18)24-13-26-23-10-9-21(15-29(23)24)32-20-3-2-4-20/h5-6,9-15,19-20H,2-4,7-8H2,1H3,(H,28,31). The number of fused-ring (bicyclic) bond motifs is 1. The third-order valence-electron chi connectivity index (χ3n) is 6.35. The zero-order valence-electron chi connectivity index (χ0n) is 18.0. The van der Waals surface area contributed by atoms with Crippen molar-refractivity contribution in [2.24, 2.45) is 0 Å². The van der Waals surface area contributed by atoms with Crippen LogP contribution in [0, 0.1) is 6.92 Å². The van der Waals surface area contributed by atoms with E-state index < -0.39 is 0 Å². The molecule has 2 saturated carbocycles. The van der Waals surface area contributed by atoms with Crippen LogP contribution in [0.2, 0.25) is 0 Å². The van der Waals surface area contributed by atoms with Gasteiger partial charge >= 0.3 is 0 Å². The van der Waals surface area contributed by atoms with Crippen molar-refractivity contribution in [3.05, 3.63) is 66.2 Å². The zero-order chi connectivity index (χ0) is 21.7. The second-order valence-electron chi connectivity index (χ2n) is 8.83. The topological polar surface area (TPSA) is 64.2 Å². The van der Waals surface area contributed by atoms with Crippen LogP contribution in [-0.2, 0) is 0 Å². The highest BCUT2D eigenvalue weighted by Crippen LogP contribution is 2.36. The molecule has 0 bridgehead atoms. The van der Waals surface area contributed by atoms with Gasteiger partial charge in [-0.1, -0.05) is 12.5 Å². The lowest BCUT2D eigenvalue weighted by molar-refractivity contribution is 0.0951. The van der Waals surface area contributed by atoms with Crippen molar-refractivity contribution >= 4 is 23.3 Å². The number of carbonyl (C=O) groups excluding carboxylic acids is 1. The summed E-state index contributed by atoms with van der Waals surface area (Å²) in [6, 6.07) is 10.4. The van der Waals surface area contributed by atoms with Crippen molar-refractivity contribution in [3.8, 4) is 16.9 Å². The number of nitrogens with zero attached hydrogens (tertiary/aromatic N) is 4. The Hall–Kier alpha value is -3.06. The van der Waals surface area contributed by atoms with Crippen LogP contribution in [0.15, 0.2) is 60.0 Å². The maximum absolute atomic E-state index is 12.5. The number of pyridine rings is 1. The molecule has 1 N–H and O–H groups in total. The number of thioether (sulfide) groups is 1. The Morgan fingerprint density at radius 1 is 1.09 bits per heavy atom. The first kappa shape index (κ1) is 19.6. The minimum atomic E-state index is -0.000539. The van der Waals surface area contributed by atoms with Crippen LogP contribution >= 0.6 is 11.8 Å². The van der Waals surface area contributed by atoms with Gasteiger partial charge in [-0.25, -0.2) is 9.67 Å². The molecular weight excluding hydrogens is 418 g/mol. The van der Waals surface area contributed by atoms with Crippen molar-refractivity contribution in [2.75, 3.05) is 0 Å². The van der Waals surface area contributed by atoms with Crippen molar-refractivity contribution in [1.29, 1.82) is 0 Å². The molecule has 4 aromatic rings. The number of carbonyl (C=O) groups is 1. The van der Waals surface area contributed by atoms with E-state index in [0.29, 0.717) is 11.6 Å². The fourth-order valence-corrected chi connectivity index (χ4v) is 5.29. The Kier molecular flexibility index (Phi) is 4.79. The summed E-state index contributed by atoms with van der Waals surface area (Å²) >= 11 is 1.95. The maximum Gasteiger partial charge on any atom is 0.251 e. The molecule has 0 spiro atoms. The Morgan fingerprint density at radius 2 is 1.97 bits per heavy atom. The lowest BCUT2D eigenvalue weighted by Gasteiger charge is -2.24. The average molecular weight is 444 g/mol. The first-order chi connectivity index (χ1) is 15.6. The van der Waals surface area contributed by atoms with Gasteiger partial charge in [0, 0.05) is 39.7 Å². The smallest absolute Gasteiger partial charge is 0.251 e.